The van der Waals surface area contributed by atoms with E-state index in [-0.39, 0.29) is 4.90 Å². The second-order valence-electron chi connectivity index (χ2n) is 3.87. The van der Waals surface area contributed by atoms with Crippen LogP contribution in [-0.4, -0.2) is 15.0 Å². The van der Waals surface area contributed by atoms with Gasteiger partial charge in [0.25, 0.3) is 0 Å². The fourth-order valence-corrected chi connectivity index (χ4v) is 2.99. The third kappa shape index (κ3) is 2.63. The molecule has 0 bridgehead atoms. The van der Waals surface area contributed by atoms with Crippen LogP contribution in [0.4, 0.5) is 0 Å². The summed E-state index contributed by atoms with van der Waals surface area (Å²) in [7, 11) is -3.49. The minimum Gasteiger partial charge on any atom is -0.464 e. The number of furan rings is 1. The highest BCUT2D eigenvalue weighted by atomic mass is 32.2. The van der Waals surface area contributed by atoms with Gasteiger partial charge in [0.1, 0.15) is 5.76 Å². The van der Waals surface area contributed by atoms with Crippen LogP contribution >= 0.6 is 0 Å². The molecule has 5 heteroatoms. The van der Waals surface area contributed by atoms with Gasteiger partial charge in [-0.05, 0) is 30.7 Å². The van der Waals surface area contributed by atoms with Gasteiger partial charge < -0.3 is 4.42 Å². The second kappa shape index (κ2) is 5.37. The average Bonchev–Trinajstić information content (AvgIpc) is 2.90. The maximum Gasteiger partial charge on any atom is 0.241 e. The van der Waals surface area contributed by atoms with E-state index >= 15 is 0 Å². The highest BCUT2D eigenvalue weighted by molar-refractivity contribution is 7.89. The molecule has 0 spiro atoms. The van der Waals surface area contributed by atoms with Crippen LogP contribution in [0.15, 0.2) is 52.0 Å². The van der Waals surface area contributed by atoms with Gasteiger partial charge >= 0.3 is 0 Å². The monoisotopic (exact) mass is 265 g/mol. The first-order valence-electron chi connectivity index (χ1n) is 5.77. The predicted molar refractivity (Wildman–Crippen MR) is 69.6 cm³/mol. The molecule has 0 saturated heterocycles. The Bertz CT molecular complexity index is 603. The Morgan fingerprint density at radius 3 is 2.61 bits per heavy atom. The highest BCUT2D eigenvalue weighted by Crippen LogP contribution is 2.27. The molecule has 1 heterocycles. The third-order valence-electron chi connectivity index (χ3n) is 2.51. The summed E-state index contributed by atoms with van der Waals surface area (Å²) in [6.07, 6.45) is 2.28. The van der Waals surface area contributed by atoms with Crippen LogP contribution in [0.1, 0.15) is 13.3 Å². The molecular weight excluding hydrogens is 250 g/mol. The van der Waals surface area contributed by atoms with Gasteiger partial charge in [0, 0.05) is 12.1 Å². The summed E-state index contributed by atoms with van der Waals surface area (Å²) in [6.45, 7) is 2.34. The van der Waals surface area contributed by atoms with Gasteiger partial charge in [-0.3, -0.25) is 0 Å². The van der Waals surface area contributed by atoms with E-state index < -0.39 is 10.0 Å². The van der Waals surface area contributed by atoms with Gasteiger partial charge in [-0.15, -0.1) is 0 Å². The zero-order valence-corrected chi connectivity index (χ0v) is 10.9. The van der Waals surface area contributed by atoms with Crippen LogP contribution in [0, 0.1) is 0 Å². The molecule has 0 unspecified atom stereocenters. The van der Waals surface area contributed by atoms with E-state index in [0.29, 0.717) is 17.9 Å². The smallest absolute Gasteiger partial charge is 0.241 e. The standard InChI is InChI=1S/C13H15NO3S/c1-2-9-14-18(15,16)13-8-4-3-6-11(13)12-7-5-10-17-12/h3-8,10,14H,2,9H2,1H3. The summed E-state index contributed by atoms with van der Waals surface area (Å²) in [5, 5.41) is 0. The molecule has 0 saturated carbocycles. The van der Waals surface area contributed by atoms with Crippen molar-refractivity contribution in [3.63, 3.8) is 0 Å². The lowest BCUT2D eigenvalue weighted by molar-refractivity contribution is 0.572. The molecule has 0 fully saturated rings. The van der Waals surface area contributed by atoms with Crippen molar-refractivity contribution < 1.29 is 12.8 Å². The van der Waals surface area contributed by atoms with Crippen molar-refractivity contribution in [1.82, 2.24) is 4.72 Å². The van der Waals surface area contributed by atoms with Crippen molar-refractivity contribution in [3.05, 3.63) is 42.7 Å². The van der Waals surface area contributed by atoms with Gasteiger partial charge in [0.15, 0.2) is 0 Å². The molecule has 1 aromatic carbocycles. The number of sulfonamides is 1. The lowest BCUT2D eigenvalue weighted by atomic mass is 10.2. The molecule has 4 nitrogen and oxygen atoms in total. The molecule has 1 N–H and O–H groups in total. The van der Waals surface area contributed by atoms with E-state index in [2.05, 4.69) is 4.72 Å². The van der Waals surface area contributed by atoms with E-state index in [4.69, 9.17) is 4.42 Å². The van der Waals surface area contributed by atoms with Crippen LogP contribution in [0.2, 0.25) is 0 Å². The average molecular weight is 265 g/mol. The Labute approximate surface area is 107 Å². The molecule has 96 valence electrons. The quantitative estimate of drug-likeness (QED) is 0.904. The zero-order valence-electron chi connectivity index (χ0n) is 10.1. The van der Waals surface area contributed by atoms with Crippen LogP contribution in [0.3, 0.4) is 0 Å². The molecular formula is C13H15NO3S. The molecule has 1 aromatic heterocycles. The molecule has 0 aliphatic heterocycles. The van der Waals surface area contributed by atoms with Crippen molar-refractivity contribution in [2.45, 2.75) is 18.2 Å². The van der Waals surface area contributed by atoms with Gasteiger partial charge in [0.05, 0.1) is 11.2 Å². The Balaban J connectivity index is 2.46. The summed E-state index contributed by atoms with van der Waals surface area (Å²) < 4.78 is 32.1. The van der Waals surface area contributed by atoms with Gasteiger partial charge in [-0.2, -0.15) is 0 Å². The summed E-state index contributed by atoms with van der Waals surface area (Å²) in [6, 6.07) is 10.3. The van der Waals surface area contributed by atoms with Gasteiger partial charge in [-0.25, -0.2) is 13.1 Å². The SMILES string of the molecule is CCCNS(=O)(=O)c1ccccc1-c1ccco1. The van der Waals surface area contributed by atoms with Crippen molar-refractivity contribution in [3.8, 4) is 11.3 Å². The topological polar surface area (TPSA) is 59.3 Å². The lowest BCUT2D eigenvalue weighted by Gasteiger charge is -2.09. The first kappa shape index (κ1) is 12.9. The molecule has 2 aromatic rings. The van der Waals surface area contributed by atoms with Crippen LogP contribution in [0.5, 0.6) is 0 Å². The first-order valence-corrected chi connectivity index (χ1v) is 7.26. The lowest BCUT2D eigenvalue weighted by Crippen LogP contribution is -2.24. The van der Waals surface area contributed by atoms with E-state index in [0.717, 1.165) is 6.42 Å². The van der Waals surface area contributed by atoms with Crippen molar-refractivity contribution in [1.29, 1.82) is 0 Å². The first-order chi connectivity index (χ1) is 8.65. The zero-order chi connectivity index (χ0) is 13.0. The number of benzene rings is 1. The molecule has 0 atom stereocenters. The number of nitrogens with one attached hydrogen (secondary N) is 1. The van der Waals surface area contributed by atoms with Crippen molar-refractivity contribution in [2.24, 2.45) is 0 Å². The summed E-state index contributed by atoms with van der Waals surface area (Å²) in [4.78, 5) is 0.244. The number of hydrogen-bond donors (Lipinski definition) is 1. The number of hydrogen-bond acceptors (Lipinski definition) is 3. The van der Waals surface area contributed by atoms with Gasteiger partial charge in [-0.1, -0.05) is 19.1 Å². The van der Waals surface area contributed by atoms with E-state index in [1.807, 2.05) is 6.92 Å². The normalized spacial score (nSPS) is 11.6. The van der Waals surface area contributed by atoms with Crippen LogP contribution in [-0.2, 0) is 10.0 Å². The maximum atomic E-state index is 12.2. The Morgan fingerprint density at radius 1 is 1.17 bits per heavy atom. The van der Waals surface area contributed by atoms with Crippen molar-refractivity contribution >= 4 is 10.0 Å². The Morgan fingerprint density at radius 2 is 1.94 bits per heavy atom. The van der Waals surface area contributed by atoms with Crippen LogP contribution in [0.25, 0.3) is 11.3 Å². The molecule has 2 rings (SSSR count). The molecule has 0 aliphatic rings. The minimum atomic E-state index is -3.49. The van der Waals surface area contributed by atoms with Crippen LogP contribution < -0.4 is 4.72 Å². The maximum absolute atomic E-state index is 12.2. The predicted octanol–water partition coefficient (Wildman–Crippen LogP) is 2.63. The minimum absolute atomic E-state index is 0.244. The molecule has 0 amide bonds. The molecule has 0 radical (unpaired) electrons. The van der Waals surface area contributed by atoms with Crippen molar-refractivity contribution in [2.75, 3.05) is 6.54 Å². The largest absolute Gasteiger partial charge is 0.464 e. The van der Waals surface area contributed by atoms with E-state index in [9.17, 15) is 8.42 Å². The third-order valence-corrected chi connectivity index (χ3v) is 4.02. The fraction of sp³-hybridized carbons (Fsp3) is 0.231. The summed E-state index contributed by atoms with van der Waals surface area (Å²) in [5.41, 5.74) is 0.575. The fourth-order valence-electron chi connectivity index (χ4n) is 1.65. The van der Waals surface area contributed by atoms with E-state index in [1.165, 1.54) is 6.26 Å². The highest BCUT2D eigenvalue weighted by Gasteiger charge is 2.19. The Hall–Kier alpha value is -1.59. The second-order valence-corrected chi connectivity index (χ2v) is 5.61. The number of rotatable bonds is 5. The molecule has 18 heavy (non-hydrogen) atoms. The Kier molecular flexibility index (Phi) is 3.84. The van der Waals surface area contributed by atoms with E-state index in [1.54, 1.807) is 36.4 Å². The van der Waals surface area contributed by atoms with Gasteiger partial charge in [0.2, 0.25) is 10.0 Å². The summed E-state index contributed by atoms with van der Waals surface area (Å²) >= 11 is 0. The summed E-state index contributed by atoms with van der Waals surface area (Å²) in [5.74, 6) is 0.549. The molecule has 0 aliphatic carbocycles.